The summed E-state index contributed by atoms with van der Waals surface area (Å²) >= 11 is 0. The third-order valence-electron chi connectivity index (χ3n) is 5.13. The van der Waals surface area contributed by atoms with Crippen molar-refractivity contribution < 1.29 is 27.2 Å². The fourth-order valence-electron chi connectivity index (χ4n) is 3.40. The number of amides is 1. The van der Waals surface area contributed by atoms with E-state index < -0.39 is 51.2 Å². The number of benzene rings is 1. The molecule has 2 unspecified atom stereocenters. The van der Waals surface area contributed by atoms with Gasteiger partial charge >= 0.3 is 0 Å². The number of carbonyl (C=O) groups is 3. The van der Waals surface area contributed by atoms with Crippen LogP contribution in [0, 0.1) is 17.7 Å². The zero-order chi connectivity index (χ0) is 23.5. The Morgan fingerprint density at radius 1 is 1.28 bits per heavy atom. The number of fused-ring (bicyclic) bond motifs is 2. The lowest BCUT2D eigenvalue weighted by atomic mass is 9.88. The summed E-state index contributed by atoms with van der Waals surface area (Å²) in [6.45, 7) is 3.85. The number of aromatic nitrogens is 3. The maximum absolute atomic E-state index is 13.1. The number of ketones is 2. The van der Waals surface area contributed by atoms with Crippen molar-refractivity contribution >= 4 is 27.5 Å². The van der Waals surface area contributed by atoms with E-state index >= 15 is 0 Å². The van der Waals surface area contributed by atoms with Crippen LogP contribution in [0.5, 0.6) is 0 Å². The van der Waals surface area contributed by atoms with E-state index in [4.69, 9.17) is 0 Å². The minimum atomic E-state index is -4.12. The third-order valence-corrected chi connectivity index (χ3v) is 6.59. The van der Waals surface area contributed by atoms with Crippen molar-refractivity contribution in [1.82, 2.24) is 25.0 Å². The highest BCUT2D eigenvalue weighted by atomic mass is 32.2. The zero-order valence-corrected chi connectivity index (χ0v) is 18.4. The molecule has 12 heteroatoms. The minimum absolute atomic E-state index is 0.0213. The van der Waals surface area contributed by atoms with E-state index in [1.165, 1.54) is 4.68 Å². The van der Waals surface area contributed by atoms with Gasteiger partial charge in [-0.25, -0.2) is 17.5 Å². The Hall–Kier alpha value is -2.99. The Morgan fingerprint density at radius 3 is 2.62 bits per heavy atom. The Labute approximate surface area is 184 Å². The second kappa shape index (κ2) is 9.65. The third kappa shape index (κ3) is 5.62. The first kappa shape index (κ1) is 23.7. The number of sulfonamides is 1. The lowest BCUT2D eigenvalue weighted by Gasteiger charge is -2.23. The first-order valence-corrected chi connectivity index (χ1v) is 11.6. The van der Waals surface area contributed by atoms with Crippen molar-refractivity contribution in [1.29, 1.82) is 0 Å². The van der Waals surface area contributed by atoms with Gasteiger partial charge in [0.25, 0.3) is 5.91 Å². The molecule has 2 bridgehead atoms. The summed E-state index contributed by atoms with van der Waals surface area (Å²) in [6, 6.07) is 3.05. The molecule has 0 spiro atoms. The number of halogens is 1. The van der Waals surface area contributed by atoms with Gasteiger partial charge in [-0.05, 0) is 30.2 Å². The van der Waals surface area contributed by atoms with Crippen LogP contribution < -0.4 is 10.0 Å². The molecular formula is C20H24FN5O5S. The molecule has 32 heavy (non-hydrogen) atoms. The van der Waals surface area contributed by atoms with Crippen LogP contribution in [-0.4, -0.2) is 53.5 Å². The lowest BCUT2D eigenvalue weighted by molar-refractivity contribution is -0.141. The van der Waals surface area contributed by atoms with Crippen molar-refractivity contribution in [3.8, 4) is 0 Å². The molecule has 1 amide bonds. The van der Waals surface area contributed by atoms with Gasteiger partial charge in [-0.2, -0.15) is 0 Å². The number of nitrogens with one attached hydrogen (secondary N) is 2. The molecule has 0 saturated heterocycles. The fraction of sp³-hybridized carbons (Fsp3) is 0.450. The average Bonchev–Trinajstić information content (AvgIpc) is 3.17. The molecule has 0 saturated carbocycles. The van der Waals surface area contributed by atoms with E-state index in [1.807, 2.05) is 0 Å². The quantitative estimate of drug-likeness (QED) is 0.558. The fourth-order valence-corrected chi connectivity index (χ4v) is 4.77. The van der Waals surface area contributed by atoms with Gasteiger partial charge in [0.15, 0.2) is 5.78 Å². The van der Waals surface area contributed by atoms with E-state index in [0.29, 0.717) is 12.2 Å². The maximum Gasteiger partial charge on any atom is 0.287 e. The van der Waals surface area contributed by atoms with Crippen LogP contribution in [0.3, 0.4) is 0 Å². The van der Waals surface area contributed by atoms with E-state index in [2.05, 4.69) is 20.4 Å². The lowest BCUT2D eigenvalue weighted by Crippen LogP contribution is -2.46. The molecule has 2 N–H and O–H groups in total. The number of Topliss-reactive ketones (excluding diaryl/α,β-unsaturated/α-hetero) is 2. The van der Waals surface area contributed by atoms with Gasteiger partial charge in [0.2, 0.25) is 15.8 Å². The summed E-state index contributed by atoms with van der Waals surface area (Å²) < 4.78 is 42.4. The normalized spacial score (nSPS) is 18.3. The van der Waals surface area contributed by atoms with Gasteiger partial charge in [-0.15, -0.1) is 5.10 Å². The molecule has 1 aliphatic rings. The molecule has 1 aromatic carbocycles. The molecular weight excluding hydrogens is 441 g/mol. The maximum atomic E-state index is 13.1. The predicted molar refractivity (Wildman–Crippen MR) is 110 cm³/mol. The van der Waals surface area contributed by atoms with Gasteiger partial charge < -0.3 is 5.32 Å². The van der Waals surface area contributed by atoms with Crippen LogP contribution in [0.15, 0.2) is 35.4 Å². The molecule has 2 aromatic rings. The molecule has 10 nitrogen and oxygen atoms in total. The topological polar surface area (TPSA) is 140 Å². The molecule has 0 aliphatic carbocycles. The molecule has 1 aliphatic heterocycles. The van der Waals surface area contributed by atoms with E-state index in [9.17, 15) is 27.2 Å². The SMILES string of the molecule is CC(C)C(NS(=O)(=O)c1ccc(F)cc1)C(=O)CC1Cc2cn(nn2)CCNC(=O)C1=O. The van der Waals surface area contributed by atoms with Crippen LogP contribution in [0.25, 0.3) is 0 Å². The highest BCUT2D eigenvalue weighted by molar-refractivity contribution is 7.89. The zero-order valence-electron chi connectivity index (χ0n) is 17.6. The van der Waals surface area contributed by atoms with Gasteiger partial charge in [0.1, 0.15) is 5.82 Å². The highest BCUT2D eigenvalue weighted by Gasteiger charge is 2.34. The second-order valence-corrected chi connectivity index (χ2v) is 9.68. The van der Waals surface area contributed by atoms with Crippen molar-refractivity contribution in [2.24, 2.45) is 11.8 Å². The number of nitrogens with zero attached hydrogens (tertiary/aromatic N) is 3. The summed E-state index contributed by atoms with van der Waals surface area (Å²) in [4.78, 5) is 37.7. The summed E-state index contributed by atoms with van der Waals surface area (Å²) in [6.07, 6.45) is 1.31. The molecule has 2 heterocycles. The van der Waals surface area contributed by atoms with Gasteiger partial charge in [0.05, 0.1) is 23.2 Å². The molecule has 3 rings (SSSR count). The number of hydrogen-bond acceptors (Lipinski definition) is 7. The number of carbonyl (C=O) groups excluding carboxylic acids is 3. The molecule has 2 atom stereocenters. The van der Waals surface area contributed by atoms with E-state index in [1.54, 1.807) is 20.0 Å². The van der Waals surface area contributed by atoms with Gasteiger partial charge in [-0.3, -0.25) is 19.1 Å². The van der Waals surface area contributed by atoms with Crippen LogP contribution in [-0.2, 0) is 37.4 Å². The largest absolute Gasteiger partial charge is 0.348 e. The Kier molecular flexibility index (Phi) is 7.14. The monoisotopic (exact) mass is 465 g/mol. The van der Waals surface area contributed by atoms with Crippen LogP contribution in [0.1, 0.15) is 26.0 Å². The Bertz CT molecular complexity index is 1110. The Morgan fingerprint density at radius 2 is 1.97 bits per heavy atom. The van der Waals surface area contributed by atoms with Crippen molar-refractivity contribution in [3.05, 3.63) is 42.0 Å². The first-order chi connectivity index (χ1) is 15.1. The van der Waals surface area contributed by atoms with Gasteiger partial charge in [0, 0.05) is 31.5 Å². The summed E-state index contributed by atoms with van der Waals surface area (Å²) in [7, 11) is -4.12. The van der Waals surface area contributed by atoms with Crippen LogP contribution >= 0.6 is 0 Å². The van der Waals surface area contributed by atoms with Crippen molar-refractivity contribution in [2.75, 3.05) is 6.54 Å². The molecule has 0 radical (unpaired) electrons. The standard InChI is InChI=1S/C20H24FN5O5S/c1-12(2)18(24-32(30,31)16-5-3-14(21)4-6-16)17(27)10-13-9-15-11-26(25-23-15)8-7-22-20(29)19(13)28/h3-6,11-13,18,24H,7-10H2,1-2H3,(H,22,29). The Balaban J connectivity index is 1.81. The average molecular weight is 466 g/mol. The first-order valence-electron chi connectivity index (χ1n) is 10.1. The molecule has 172 valence electrons. The van der Waals surface area contributed by atoms with Crippen molar-refractivity contribution in [3.63, 3.8) is 0 Å². The van der Waals surface area contributed by atoms with E-state index in [-0.39, 0.29) is 24.3 Å². The molecule has 0 fully saturated rings. The predicted octanol–water partition coefficient (Wildman–Crippen LogP) is 0.237. The molecule has 1 aromatic heterocycles. The minimum Gasteiger partial charge on any atom is -0.348 e. The second-order valence-electron chi connectivity index (χ2n) is 7.96. The summed E-state index contributed by atoms with van der Waals surface area (Å²) in [5.41, 5.74) is 0.457. The van der Waals surface area contributed by atoms with Gasteiger partial charge in [-0.1, -0.05) is 19.1 Å². The van der Waals surface area contributed by atoms with E-state index in [0.717, 1.165) is 24.3 Å². The highest BCUT2D eigenvalue weighted by Crippen LogP contribution is 2.19. The smallest absolute Gasteiger partial charge is 0.287 e. The summed E-state index contributed by atoms with van der Waals surface area (Å²) in [5.74, 6) is -4.16. The summed E-state index contributed by atoms with van der Waals surface area (Å²) in [5, 5.41) is 10.4. The van der Waals surface area contributed by atoms with Crippen LogP contribution in [0.2, 0.25) is 0 Å². The number of rotatable bonds is 7. The van der Waals surface area contributed by atoms with Crippen LogP contribution in [0.4, 0.5) is 4.39 Å². The van der Waals surface area contributed by atoms with Crippen molar-refractivity contribution in [2.45, 2.75) is 44.2 Å². The number of hydrogen-bond donors (Lipinski definition) is 2.